The van der Waals surface area contributed by atoms with Gasteiger partial charge in [-0.3, -0.25) is 0 Å². The van der Waals surface area contributed by atoms with Crippen molar-refractivity contribution < 1.29 is 9.53 Å². The van der Waals surface area contributed by atoms with E-state index in [2.05, 4.69) is 9.11 Å². The lowest BCUT2D eigenvalue weighted by molar-refractivity contribution is 0.0601. The third-order valence-electron chi connectivity index (χ3n) is 2.16. The molecule has 1 aromatic carbocycles. The summed E-state index contributed by atoms with van der Waals surface area (Å²) in [6.45, 7) is 0.380. The van der Waals surface area contributed by atoms with Crippen LogP contribution in [0.3, 0.4) is 0 Å². The van der Waals surface area contributed by atoms with Crippen LogP contribution in [-0.2, 0) is 11.3 Å². The fourth-order valence-corrected chi connectivity index (χ4v) is 2.17. The Bertz CT molecular complexity index is 507. The number of rotatable bonds is 2. The van der Waals surface area contributed by atoms with Gasteiger partial charge in [-0.1, -0.05) is 0 Å². The largest absolute Gasteiger partial charge is 0.465 e. The van der Waals surface area contributed by atoms with Gasteiger partial charge in [0, 0.05) is 11.9 Å². The minimum absolute atomic E-state index is 0.342. The van der Waals surface area contributed by atoms with Crippen molar-refractivity contribution in [2.24, 2.45) is 5.73 Å². The molecular weight excluding hydrogens is 212 g/mol. The number of fused-ring (bicyclic) bond motifs is 1. The lowest BCUT2D eigenvalue weighted by Gasteiger charge is -1.99. The smallest absolute Gasteiger partial charge is 0.337 e. The lowest BCUT2D eigenvalue weighted by atomic mass is 10.1. The highest BCUT2D eigenvalue weighted by Crippen LogP contribution is 2.23. The molecule has 5 heteroatoms. The predicted molar refractivity (Wildman–Crippen MR) is 58.9 cm³/mol. The van der Waals surface area contributed by atoms with Gasteiger partial charge < -0.3 is 10.5 Å². The summed E-state index contributed by atoms with van der Waals surface area (Å²) in [5, 5.41) is 0.936. The summed E-state index contributed by atoms with van der Waals surface area (Å²) in [4.78, 5) is 11.3. The molecule has 0 aliphatic carbocycles. The number of benzene rings is 1. The molecule has 1 heterocycles. The molecule has 2 N–H and O–H groups in total. The number of hydrogen-bond acceptors (Lipinski definition) is 5. The van der Waals surface area contributed by atoms with E-state index in [-0.39, 0.29) is 5.97 Å². The maximum Gasteiger partial charge on any atom is 0.337 e. The molecule has 1 aromatic heterocycles. The number of nitrogens with two attached hydrogens (primary N) is 1. The number of carbonyl (C=O) groups is 1. The van der Waals surface area contributed by atoms with Gasteiger partial charge in [-0.05, 0) is 29.7 Å². The predicted octanol–water partition coefficient (Wildman–Crippen LogP) is 1.54. The number of nitrogens with zero attached hydrogens (tertiary/aromatic N) is 1. The molecular formula is C10H10N2O2S. The van der Waals surface area contributed by atoms with Gasteiger partial charge in [-0.25, -0.2) is 4.79 Å². The van der Waals surface area contributed by atoms with E-state index in [1.807, 2.05) is 6.07 Å². The van der Waals surface area contributed by atoms with Crippen LogP contribution >= 0.6 is 11.5 Å². The highest BCUT2D eigenvalue weighted by atomic mass is 32.1. The quantitative estimate of drug-likeness (QED) is 0.783. The molecule has 0 radical (unpaired) electrons. The van der Waals surface area contributed by atoms with Crippen LogP contribution in [-0.4, -0.2) is 17.5 Å². The van der Waals surface area contributed by atoms with Crippen LogP contribution in [0.4, 0.5) is 0 Å². The average molecular weight is 222 g/mol. The molecule has 0 spiro atoms. The first-order valence-electron chi connectivity index (χ1n) is 4.43. The first-order valence-corrected chi connectivity index (χ1v) is 5.20. The van der Waals surface area contributed by atoms with Gasteiger partial charge in [-0.2, -0.15) is 4.37 Å². The molecule has 0 saturated carbocycles. The van der Waals surface area contributed by atoms with Crippen LogP contribution in [0.1, 0.15) is 16.1 Å². The third-order valence-corrected chi connectivity index (χ3v) is 3.02. The maximum atomic E-state index is 11.3. The summed E-state index contributed by atoms with van der Waals surface area (Å²) in [5.41, 5.74) is 6.89. The molecule has 78 valence electrons. The Labute approximate surface area is 90.8 Å². The van der Waals surface area contributed by atoms with E-state index in [4.69, 9.17) is 5.73 Å². The Morgan fingerprint density at radius 2 is 2.40 bits per heavy atom. The molecule has 0 unspecified atom stereocenters. The second-order valence-electron chi connectivity index (χ2n) is 3.04. The number of esters is 1. The molecule has 0 aliphatic rings. The Morgan fingerprint density at radius 1 is 1.60 bits per heavy atom. The molecule has 0 atom stereocenters. The summed E-state index contributed by atoms with van der Waals surface area (Å²) >= 11 is 1.38. The molecule has 4 nitrogen and oxygen atoms in total. The van der Waals surface area contributed by atoms with Crippen molar-refractivity contribution in [2.75, 3.05) is 7.11 Å². The standard InChI is InChI=1S/C10H10N2O2S/c1-14-10(13)6-2-3-9-7(4-6)8(5-11)12-15-9/h2-4H,5,11H2,1H3. The number of hydrogen-bond donors (Lipinski definition) is 1. The van der Waals surface area contributed by atoms with Crippen LogP contribution in [0.25, 0.3) is 10.1 Å². The normalized spacial score (nSPS) is 10.5. The van der Waals surface area contributed by atoms with Crippen molar-refractivity contribution in [3.63, 3.8) is 0 Å². The van der Waals surface area contributed by atoms with E-state index in [1.165, 1.54) is 18.6 Å². The Hall–Kier alpha value is -1.46. The zero-order valence-corrected chi connectivity index (χ0v) is 9.00. The van der Waals surface area contributed by atoms with Crippen LogP contribution < -0.4 is 5.73 Å². The SMILES string of the molecule is COC(=O)c1ccc2snc(CN)c2c1. The van der Waals surface area contributed by atoms with E-state index in [9.17, 15) is 4.79 Å². The minimum Gasteiger partial charge on any atom is -0.465 e. The Morgan fingerprint density at radius 3 is 3.07 bits per heavy atom. The molecule has 0 amide bonds. The number of ether oxygens (including phenoxy) is 1. The number of methoxy groups -OCH3 is 1. The Balaban J connectivity index is 2.57. The first kappa shape index (κ1) is 10.1. The summed E-state index contributed by atoms with van der Waals surface area (Å²) in [5.74, 6) is -0.342. The van der Waals surface area contributed by atoms with Crippen molar-refractivity contribution in [1.29, 1.82) is 0 Å². The van der Waals surface area contributed by atoms with Crippen molar-refractivity contribution in [3.8, 4) is 0 Å². The molecule has 0 fully saturated rings. The van der Waals surface area contributed by atoms with E-state index in [0.717, 1.165) is 15.8 Å². The summed E-state index contributed by atoms with van der Waals surface area (Å²) in [6.07, 6.45) is 0. The number of aromatic nitrogens is 1. The summed E-state index contributed by atoms with van der Waals surface area (Å²) < 4.78 is 9.88. The van der Waals surface area contributed by atoms with E-state index in [0.29, 0.717) is 12.1 Å². The van der Waals surface area contributed by atoms with Gasteiger partial charge in [0.15, 0.2) is 0 Å². The highest BCUT2D eigenvalue weighted by molar-refractivity contribution is 7.13. The van der Waals surface area contributed by atoms with Crippen molar-refractivity contribution in [1.82, 2.24) is 4.37 Å². The summed E-state index contributed by atoms with van der Waals surface area (Å²) in [6, 6.07) is 5.36. The van der Waals surface area contributed by atoms with Crippen LogP contribution in [0.5, 0.6) is 0 Å². The van der Waals surface area contributed by atoms with Crippen LogP contribution in [0.2, 0.25) is 0 Å². The first-order chi connectivity index (χ1) is 7.26. The molecule has 0 saturated heterocycles. The highest BCUT2D eigenvalue weighted by Gasteiger charge is 2.09. The lowest BCUT2D eigenvalue weighted by Crippen LogP contribution is -2.01. The van der Waals surface area contributed by atoms with Crippen LogP contribution in [0.15, 0.2) is 18.2 Å². The molecule has 0 bridgehead atoms. The topological polar surface area (TPSA) is 65.2 Å². The number of carbonyl (C=O) groups excluding carboxylic acids is 1. The molecule has 15 heavy (non-hydrogen) atoms. The molecule has 2 rings (SSSR count). The Kier molecular flexibility index (Phi) is 2.66. The van der Waals surface area contributed by atoms with Crippen LogP contribution in [0, 0.1) is 0 Å². The van der Waals surface area contributed by atoms with Crippen molar-refractivity contribution in [3.05, 3.63) is 29.5 Å². The fraction of sp³-hybridized carbons (Fsp3) is 0.200. The van der Waals surface area contributed by atoms with Gasteiger partial charge in [0.25, 0.3) is 0 Å². The van der Waals surface area contributed by atoms with Crippen molar-refractivity contribution in [2.45, 2.75) is 6.54 Å². The van der Waals surface area contributed by atoms with Crippen molar-refractivity contribution >= 4 is 27.6 Å². The molecule has 0 aliphatic heterocycles. The fourth-order valence-electron chi connectivity index (χ4n) is 1.38. The van der Waals surface area contributed by atoms with Gasteiger partial charge in [-0.15, -0.1) is 0 Å². The third kappa shape index (κ3) is 1.71. The van der Waals surface area contributed by atoms with Gasteiger partial charge >= 0.3 is 5.97 Å². The maximum absolute atomic E-state index is 11.3. The van der Waals surface area contributed by atoms with E-state index in [1.54, 1.807) is 12.1 Å². The van der Waals surface area contributed by atoms with E-state index < -0.39 is 0 Å². The second kappa shape index (κ2) is 3.96. The van der Waals surface area contributed by atoms with Gasteiger partial charge in [0.2, 0.25) is 0 Å². The molecule has 2 aromatic rings. The average Bonchev–Trinajstić information content (AvgIpc) is 2.69. The second-order valence-corrected chi connectivity index (χ2v) is 3.84. The monoisotopic (exact) mass is 222 g/mol. The summed E-state index contributed by atoms with van der Waals surface area (Å²) in [7, 11) is 1.36. The van der Waals surface area contributed by atoms with E-state index >= 15 is 0 Å². The minimum atomic E-state index is -0.342. The van der Waals surface area contributed by atoms with Gasteiger partial charge in [0.1, 0.15) is 0 Å². The zero-order valence-electron chi connectivity index (χ0n) is 8.19. The zero-order chi connectivity index (χ0) is 10.8. The van der Waals surface area contributed by atoms with Gasteiger partial charge in [0.05, 0.1) is 23.1 Å².